The van der Waals surface area contributed by atoms with E-state index in [1.807, 2.05) is 0 Å². The molecule has 0 rings (SSSR count). The van der Waals surface area contributed by atoms with Crippen LogP contribution >= 0.6 is 0 Å². The first kappa shape index (κ1) is 9.54. The van der Waals surface area contributed by atoms with Crippen molar-refractivity contribution < 1.29 is 9.90 Å². The Balaban J connectivity index is 0. The van der Waals surface area contributed by atoms with E-state index in [9.17, 15) is 0 Å². The van der Waals surface area contributed by atoms with Gasteiger partial charge in [-0.25, -0.2) is 0 Å². The van der Waals surface area contributed by atoms with Crippen LogP contribution in [0.25, 0.3) is 0 Å². The Hall–Kier alpha value is 1.26. The first-order chi connectivity index (χ1) is 1.73. The Kier molecular flexibility index (Phi) is 10.0. The van der Waals surface area contributed by atoms with Gasteiger partial charge in [-0.15, -0.1) is 0 Å². The second-order valence-electron chi connectivity index (χ2n) is 0.250. The summed E-state index contributed by atoms with van der Waals surface area (Å²) in [7, 11) is 0. The summed E-state index contributed by atoms with van der Waals surface area (Å²) in [6, 6.07) is 0. The van der Waals surface area contributed by atoms with Crippen molar-refractivity contribution in [2.75, 3.05) is 0 Å². The van der Waals surface area contributed by atoms with Crippen LogP contribution in [0.5, 0.6) is 0 Å². The van der Waals surface area contributed by atoms with Gasteiger partial charge in [0.05, 0.1) is 0 Å². The van der Waals surface area contributed by atoms with Gasteiger partial charge in [-0.2, -0.15) is 0 Å². The molecule has 2 nitrogen and oxygen atoms in total. The Morgan fingerprint density at radius 2 is 1.80 bits per heavy atom. The Bertz CT molecular complexity index is 32.6. The molecular formula is CBaO2S. The van der Waals surface area contributed by atoms with Gasteiger partial charge >= 0.3 is 48.9 Å². The van der Waals surface area contributed by atoms with Gasteiger partial charge < -0.3 is 22.5 Å². The molecule has 0 fully saturated rings. The average Bonchev–Trinajstić information content (AvgIpc) is 0.811. The maximum absolute atomic E-state index is 8.70. The van der Waals surface area contributed by atoms with Crippen LogP contribution in [-0.4, -0.2) is 54.2 Å². The third kappa shape index (κ3) is 35.2. The molecule has 0 aromatic carbocycles. The van der Waals surface area contributed by atoms with E-state index < -0.39 is 5.30 Å². The summed E-state index contributed by atoms with van der Waals surface area (Å²) in [5.74, 6) is 0. The van der Waals surface area contributed by atoms with Gasteiger partial charge in [0.1, 0.15) is 0 Å². The van der Waals surface area contributed by atoms with Gasteiger partial charge in [0, 0.05) is 0 Å². The third-order valence-electron chi connectivity index (χ3n) is 0. The minimum atomic E-state index is -1.50. The van der Waals surface area contributed by atoms with E-state index in [4.69, 9.17) is 9.90 Å². The molecule has 0 radical (unpaired) electrons. The van der Waals surface area contributed by atoms with Crippen molar-refractivity contribution in [3.8, 4) is 0 Å². The fraction of sp³-hybridized carbons (Fsp3) is 0. The molecule has 0 N–H and O–H groups in total. The van der Waals surface area contributed by atoms with Crippen molar-refractivity contribution >= 4 is 66.8 Å². The topological polar surface area (TPSA) is 40.1 Å². The van der Waals surface area contributed by atoms with E-state index in [1.165, 1.54) is 0 Å². The molecule has 0 aromatic rings. The van der Waals surface area contributed by atoms with E-state index in [1.54, 1.807) is 0 Å². The summed E-state index contributed by atoms with van der Waals surface area (Å²) in [4.78, 5) is 8.70. The van der Waals surface area contributed by atoms with Crippen molar-refractivity contribution in [2.45, 2.75) is 0 Å². The normalized spacial score (nSPS) is 4.80. The number of hydrogen-bond acceptors (Lipinski definition) is 3. The number of carbonyl (C=O) groups is 1. The second-order valence-corrected chi connectivity index (χ2v) is 0.583. The van der Waals surface area contributed by atoms with Crippen LogP contribution in [0.1, 0.15) is 0 Å². The molecule has 0 amide bonds. The van der Waals surface area contributed by atoms with E-state index in [2.05, 4.69) is 12.6 Å². The molecule has 0 heterocycles. The van der Waals surface area contributed by atoms with E-state index >= 15 is 0 Å². The fourth-order valence-corrected chi connectivity index (χ4v) is 0. The molecule has 0 aliphatic rings. The van der Waals surface area contributed by atoms with Crippen LogP contribution in [0.2, 0.25) is 0 Å². The van der Waals surface area contributed by atoms with E-state index in [0.717, 1.165) is 0 Å². The van der Waals surface area contributed by atoms with Crippen molar-refractivity contribution in [3.05, 3.63) is 0 Å². The molecule has 0 aliphatic heterocycles. The summed E-state index contributed by atoms with van der Waals surface area (Å²) < 4.78 is 0. The van der Waals surface area contributed by atoms with E-state index in [0.29, 0.717) is 0 Å². The van der Waals surface area contributed by atoms with Crippen LogP contribution in [0.4, 0.5) is 4.79 Å². The Labute approximate surface area is 75.4 Å². The zero-order valence-electron chi connectivity index (χ0n) is 2.43. The van der Waals surface area contributed by atoms with Crippen molar-refractivity contribution in [1.29, 1.82) is 0 Å². The molecule has 0 aromatic heterocycles. The molecule has 0 saturated carbocycles. The van der Waals surface area contributed by atoms with Crippen LogP contribution in [0.15, 0.2) is 0 Å². The number of carboxylic acid groups (broad SMARTS) is 1. The zero-order valence-corrected chi connectivity index (χ0v) is 7.69. The first-order valence-corrected chi connectivity index (χ1v) is 1.02. The molecule has 24 valence electrons. The Morgan fingerprint density at radius 1 is 1.80 bits per heavy atom. The number of rotatable bonds is 0. The smallest absolute Gasteiger partial charge is 0.764 e. The van der Waals surface area contributed by atoms with Gasteiger partial charge in [0.25, 0.3) is 0 Å². The van der Waals surface area contributed by atoms with Crippen LogP contribution in [0, 0.1) is 0 Å². The summed E-state index contributed by atoms with van der Waals surface area (Å²) in [6.45, 7) is 0. The SMILES string of the molecule is O=C([O-])[S-].[Ba+2]. The maximum Gasteiger partial charge on any atom is 2.00 e. The molecule has 5 heavy (non-hydrogen) atoms. The van der Waals surface area contributed by atoms with E-state index in [-0.39, 0.29) is 48.9 Å². The van der Waals surface area contributed by atoms with Crippen molar-refractivity contribution in [2.24, 2.45) is 0 Å². The monoisotopic (exact) mass is 214 g/mol. The molecule has 0 bridgehead atoms. The van der Waals surface area contributed by atoms with Crippen LogP contribution in [0.3, 0.4) is 0 Å². The molecule has 0 saturated heterocycles. The average molecular weight is 213 g/mol. The van der Waals surface area contributed by atoms with Gasteiger partial charge in [0.2, 0.25) is 0 Å². The second kappa shape index (κ2) is 5.26. The van der Waals surface area contributed by atoms with Crippen molar-refractivity contribution in [1.82, 2.24) is 0 Å². The fourth-order valence-electron chi connectivity index (χ4n) is 0. The van der Waals surface area contributed by atoms with Gasteiger partial charge in [-0.3, -0.25) is 0 Å². The number of carbonyl (C=O) groups excluding carboxylic acids is 1. The quantitative estimate of drug-likeness (QED) is 0.363. The van der Waals surface area contributed by atoms with Crippen molar-refractivity contribution in [3.63, 3.8) is 0 Å². The minimum Gasteiger partial charge on any atom is -0.764 e. The maximum atomic E-state index is 8.70. The van der Waals surface area contributed by atoms with Gasteiger partial charge in [-0.05, 0) is 0 Å². The molecule has 0 unspecified atom stereocenters. The molecule has 0 spiro atoms. The summed E-state index contributed by atoms with van der Waals surface area (Å²) in [6.07, 6.45) is 0. The summed E-state index contributed by atoms with van der Waals surface area (Å²) in [5.41, 5.74) is 0. The number of hydrogen-bond donors (Lipinski definition) is 0. The predicted molar refractivity (Wildman–Crippen MR) is 18.5 cm³/mol. The molecular weight excluding hydrogens is 213 g/mol. The predicted octanol–water partition coefficient (Wildman–Crippen LogP) is -1.50. The van der Waals surface area contributed by atoms with Crippen LogP contribution in [-0.2, 0) is 12.6 Å². The minimum absolute atomic E-state index is 0. The van der Waals surface area contributed by atoms with Crippen LogP contribution < -0.4 is 5.11 Å². The molecule has 0 aliphatic carbocycles. The standard InChI is InChI=1S/CH2O2S.Ba/c2-1(3)4;/h4H,(H,2,3);/q;+2/p-2. The third-order valence-corrected chi connectivity index (χ3v) is 0. The molecule has 4 heteroatoms. The first-order valence-electron chi connectivity index (χ1n) is 0.612. The van der Waals surface area contributed by atoms with Gasteiger partial charge in [-0.1, -0.05) is 5.30 Å². The Morgan fingerprint density at radius 3 is 1.80 bits per heavy atom. The summed E-state index contributed by atoms with van der Waals surface area (Å²) in [5, 5.41) is 7.20. The zero-order chi connectivity index (χ0) is 3.58. The van der Waals surface area contributed by atoms with Gasteiger partial charge in [0.15, 0.2) is 0 Å². The molecule has 0 atom stereocenters. The summed E-state index contributed by atoms with van der Waals surface area (Å²) >= 11 is 3.43. The largest absolute Gasteiger partial charge is 2.00 e.